The summed E-state index contributed by atoms with van der Waals surface area (Å²) in [5.41, 5.74) is 1.86. The molecule has 2 atom stereocenters. The maximum Gasteiger partial charge on any atom is 0.251 e. The zero-order valence-electron chi connectivity index (χ0n) is 12.2. The van der Waals surface area contributed by atoms with Gasteiger partial charge in [0.1, 0.15) is 0 Å². The second-order valence-corrected chi connectivity index (χ2v) is 6.22. The van der Waals surface area contributed by atoms with E-state index in [2.05, 4.69) is 10.6 Å². The Hall–Kier alpha value is -1.55. The summed E-state index contributed by atoms with van der Waals surface area (Å²) in [6.45, 7) is 0. The summed E-state index contributed by atoms with van der Waals surface area (Å²) >= 11 is 0. The van der Waals surface area contributed by atoms with E-state index in [0.717, 1.165) is 24.1 Å². The van der Waals surface area contributed by atoms with Gasteiger partial charge in [0.15, 0.2) is 0 Å². The minimum Gasteiger partial charge on any atom is -0.378 e. The van der Waals surface area contributed by atoms with Crippen molar-refractivity contribution in [3.8, 4) is 0 Å². The molecular formula is C16H23N3O. The number of carbonyl (C=O) groups is 1. The van der Waals surface area contributed by atoms with E-state index in [1.807, 2.05) is 43.3 Å². The van der Waals surface area contributed by atoms with Crippen molar-refractivity contribution in [1.29, 1.82) is 0 Å². The molecule has 2 aliphatic rings. The smallest absolute Gasteiger partial charge is 0.251 e. The summed E-state index contributed by atoms with van der Waals surface area (Å²) in [4.78, 5) is 14.3. The third-order valence-electron chi connectivity index (χ3n) is 4.45. The number of fused-ring (bicyclic) bond motifs is 2. The first-order valence-corrected chi connectivity index (χ1v) is 7.46. The van der Waals surface area contributed by atoms with Gasteiger partial charge in [-0.1, -0.05) is 0 Å². The zero-order valence-corrected chi connectivity index (χ0v) is 12.2. The molecule has 0 aromatic heterocycles. The summed E-state index contributed by atoms with van der Waals surface area (Å²) in [5.74, 6) is 0.0570. The molecule has 2 saturated heterocycles. The number of benzene rings is 1. The number of hydrogen-bond acceptors (Lipinski definition) is 3. The van der Waals surface area contributed by atoms with Crippen LogP contribution in [0.1, 0.15) is 36.0 Å². The Labute approximate surface area is 120 Å². The first kappa shape index (κ1) is 13.4. The molecule has 0 radical (unpaired) electrons. The molecule has 1 amide bonds. The van der Waals surface area contributed by atoms with Crippen LogP contribution in [-0.4, -0.2) is 38.1 Å². The van der Waals surface area contributed by atoms with Gasteiger partial charge in [-0.2, -0.15) is 0 Å². The number of amides is 1. The Bertz CT molecular complexity index is 471. The molecule has 2 fully saturated rings. The van der Waals surface area contributed by atoms with Crippen molar-refractivity contribution < 1.29 is 4.79 Å². The predicted molar refractivity (Wildman–Crippen MR) is 81.2 cm³/mol. The van der Waals surface area contributed by atoms with Gasteiger partial charge in [-0.3, -0.25) is 4.79 Å². The SMILES string of the molecule is CN(C)c1ccc(C(=O)NC2CC3CCC(C2)N3)cc1. The van der Waals surface area contributed by atoms with E-state index in [9.17, 15) is 4.79 Å². The molecule has 108 valence electrons. The summed E-state index contributed by atoms with van der Waals surface area (Å²) in [7, 11) is 4.00. The van der Waals surface area contributed by atoms with Crippen molar-refractivity contribution >= 4 is 11.6 Å². The molecule has 2 bridgehead atoms. The molecule has 2 aliphatic heterocycles. The fourth-order valence-corrected chi connectivity index (χ4v) is 3.35. The number of nitrogens with one attached hydrogen (secondary N) is 2. The van der Waals surface area contributed by atoms with Gasteiger partial charge in [0.25, 0.3) is 5.91 Å². The van der Waals surface area contributed by atoms with E-state index in [0.29, 0.717) is 18.1 Å². The number of rotatable bonds is 3. The molecule has 2 unspecified atom stereocenters. The number of anilines is 1. The first-order valence-electron chi connectivity index (χ1n) is 7.46. The Kier molecular flexibility index (Phi) is 3.66. The van der Waals surface area contributed by atoms with Crippen LogP contribution in [0.3, 0.4) is 0 Å². The van der Waals surface area contributed by atoms with Crippen molar-refractivity contribution in [2.45, 2.75) is 43.8 Å². The van der Waals surface area contributed by atoms with Crippen LogP contribution in [0.5, 0.6) is 0 Å². The molecule has 3 rings (SSSR count). The average Bonchev–Trinajstić information content (AvgIpc) is 2.78. The molecule has 2 heterocycles. The molecule has 2 N–H and O–H groups in total. The van der Waals surface area contributed by atoms with Gasteiger partial charge in [0, 0.05) is 43.5 Å². The van der Waals surface area contributed by atoms with E-state index >= 15 is 0 Å². The molecule has 4 nitrogen and oxygen atoms in total. The summed E-state index contributed by atoms with van der Waals surface area (Å²) in [5, 5.41) is 6.79. The van der Waals surface area contributed by atoms with Crippen molar-refractivity contribution in [1.82, 2.24) is 10.6 Å². The van der Waals surface area contributed by atoms with Gasteiger partial charge in [-0.25, -0.2) is 0 Å². The molecule has 4 heteroatoms. The minimum absolute atomic E-state index is 0.0570. The van der Waals surface area contributed by atoms with Crippen molar-refractivity contribution in [3.63, 3.8) is 0 Å². The van der Waals surface area contributed by atoms with Gasteiger partial charge < -0.3 is 15.5 Å². The monoisotopic (exact) mass is 273 g/mol. The van der Waals surface area contributed by atoms with Crippen LogP contribution in [0.15, 0.2) is 24.3 Å². The molecule has 20 heavy (non-hydrogen) atoms. The Morgan fingerprint density at radius 1 is 1.15 bits per heavy atom. The Morgan fingerprint density at radius 3 is 2.30 bits per heavy atom. The normalized spacial score (nSPS) is 28.2. The lowest BCUT2D eigenvalue weighted by molar-refractivity contribution is 0.0924. The lowest BCUT2D eigenvalue weighted by atomic mass is 9.99. The molecular weight excluding hydrogens is 250 g/mol. The fourth-order valence-electron chi connectivity index (χ4n) is 3.35. The molecule has 0 spiro atoms. The highest BCUT2D eigenvalue weighted by molar-refractivity contribution is 5.94. The maximum atomic E-state index is 12.3. The van der Waals surface area contributed by atoms with E-state index in [4.69, 9.17) is 0 Å². The first-order chi connectivity index (χ1) is 9.61. The standard InChI is InChI=1S/C16H23N3O/c1-19(2)15-7-3-11(4-8-15)16(20)18-14-9-12-5-6-13(10-14)17-12/h3-4,7-8,12-14,17H,5-6,9-10H2,1-2H3,(H,18,20). The zero-order chi connectivity index (χ0) is 14.1. The molecule has 0 saturated carbocycles. The van der Waals surface area contributed by atoms with Crippen LogP contribution in [0.25, 0.3) is 0 Å². The van der Waals surface area contributed by atoms with Crippen LogP contribution in [0, 0.1) is 0 Å². The van der Waals surface area contributed by atoms with E-state index in [1.54, 1.807) is 0 Å². The summed E-state index contributed by atoms with van der Waals surface area (Å²) in [6.07, 6.45) is 4.65. The van der Waals surface area contributed by atoms with Gasteiger partial charge in [0.05, 0.1) is 0 Å². The van der Waals surface area contributed by atoms with Gasteiger partial charge in [-0.05, 0) is 49.9 Å². The van der Waals surface area contributed by atoms with Crippen LogP contribution in [0.4, 0.5) is 5.69 Å². The van der Waals surface area contributed by atoms with E-state index in [1.165, 1.54) is 12.8 Å². The third-order valence-corrected chi connectivity index (χ3v) is 4.45. The third kappa shape index (κ3) is 2.80. The van der Waals surface area contributed by atoms with Crippen LogP contribution >= 0.6 is 0 Å². The van der Waals surface area contributed by atoms with Crippen LogP contribution < -0.4 is 15.5 Å². The summed E-state index contributed by atoms with van der Waals surface area (Å²) in [6, 6.07) is 9.32. The second kappa shape index (κ2) is 5.44. The highest BCUT2D eigenvalue weighted by Crippen LogP contribution is 2.27. The van der Waals surface area contributed by atoms with Gasteiger partial charge in [0.2, 0.25) is 0 Å². The largest absolute Gasteiger partial charge is 0.378 e. The lowest BCUT2D eigenvalue weighted by Crippen LogP contribution is -2.48. The second-order valence-electron chi connectivity index (χ2n) is 6.22. The molecule has 0 aliphatic carbocycles. The number of piperidine rings is 1. The summed E-state index contributed by atoms with van der Waals surface area (Å²) < 4.78 is 0. The molecule has 1 aromatic rings. The minimum atomic E-state index is 0.0570. The van der Waals surface area contributed by atoms with Gasteiger partial charge >= 0.3 is 0 Å². The van der Waals surface area contributed by atoms with Crippen LogP contribution in [-0.2, 0) is 0 Å². The number of hydrogen-bond donors (Lipinski definition) is 2. The number of carbonyl (C=O) groups excluding carboxylic acids is 1. The molecule has 1 aromatic carbocycles. The van der Waals surface area contributed by atoms with Crippen LogP contribution in [0.2, 0.25) is 0 Å². The van der Waals surface area contributed by atoms with Gasteiger partial charge in [-0.15, -0.1) is 0 Å². The fraction of sp³-hybridized carbons (Fsp3) is 0.562. The highest BCUT2D eigenvalue weighted by atomic mass is 16.1. The van der Waals surface area contributed by atoms with Crippen molar-refractivity contribution in [3.05, 3.63) is 29.8 Å². The Morgan fingerprint density at radius 2 is 1.75 bits per heavy atom. The quantitative estimate of drug-likeness (QED) is 0.882. The predicted octanol–water partition coefficient (Wildman–Crippen LogP) is 1.77. The van der Waals surface area contributed by atoms with Crippen molar-refractivity contribution in [2.75, 3.05) is 19.0 Å². The topological polar surface area (TPSA) is 44.4 Å². The number of nitrogens with zero attached hydrogens (tertiary/aromatic N) is 1. The van der Waals surface area contributed by atoms with E-state index < -0.39 is 0 Å². The Balaban J connectivity index is 1.61. The average molecular weight is 273 g/mol. The highest BCUT2D eigenvalue weighted by Gasteiger charge is 2.34. The van der Waals surface area contributed by atoms with Crippen molar-refractivity contribution in [2.24, 2.45) is 0 Å². The maximum absolute atomic E-state index is 12.3. The van der Waals surface area contributed by atoms with E-state index in [-0.39, 0.29) is 5.91 Å². The lowest BCUT2D eigenvalue weighted by Gasteiger charge is -2.29.